The topological polar surface area (TPSA) is 29.4 Å². The SMILES string of the molecule is C=CC(C)(C)CC(C)(C)N=C=O. The molecule has 0 fully saturated rings. The predicted molar refractivity (Wildman–Crippen MR) is 50.8 cm³/mol. The first-order valence-corrected chi connectivity index (χ1v) is 4.06. The summed E-state index contributed by atoms with van der Waals surface area (Å²) in [6.07, 6.45) is 4.28. The van der Waals surface area contributed by atoms with E-state index in [1.165, 1.54) is 0 Å². The second kappa shape index (κ2) is 3.68. The molecule has 0 aromatic heterocycles. The van der Waals surface area contributed by atoms with Crippen molar-refractivity contribution in [3.05, 3.63) is 12.7 Å². The van der Waals surface area contributed by atoms with Gasteiger partial charge in [0.1, 0.15) is 0 Å². The Kier molecular flexibility index (Phi) is 3.41. The van der Waals surface area contributed by atoms with Crippen LogP contribution in [0.25, 0.3) is 0 Å². The maximum Gasteiger partial charge on any atom is 0.235 e. The number of isocyanates is 1. The number of hydrogen-bond acceptors (Lipinski definition) is 2. The quantitative estimate of drug-likeness (QED) is 0.359. The third-order valence-electron chi connectivity index (χ3n) is 1.79. The Balaban J connectivity index is 4.43. The van der Waals surface area contributed by atoms with Crippen LogP contribution in [0.5, 0.6) is 0 Å². The van der Waals surface area contributed by atoms with E-state index in [0.29, 0.717) is 0 Å². The second-order valence-corrected chi connectivity index (χ2v) is 4.39. The van der Waals surface area contributed by atoms with Crippen molar-refractivity contribution in [2.75, 3.05) is 0 Å². The summed E-state index contributed by atoms with van der Waals surface area (Å²) in [6, 6.07) is 0. The lowest BCUT2D eigenvalue weighted by Crippen LogP contribution is -2.25. The summed E-state index contributed by atoms with van der Waals surface area (Å²) in [6.45, 7) is 11.7. The minimum Gasteiger partial charge on any atom is -0.211 e. The molecule has 2 heteroatoms. The highest BCUT2D eigenvalue weighted by Gasteiger charge is 2.25. The van der Waals surface area contributed by atoms with Gasteiger partial charge in [0.05, 0.1) is 5.54 Å². The molecular weight excluding hydrogens is 150 g/mol. The summed E-state index contributed by atoms with van der Waals surface area (Å²) < 4.78 is 0. The molecule has 0 heterocycles. The van der Waals surface area contributed by atoms with Crippen LogP contribution in [0.4, 0.5) is 0 Å². The molecule has 0 saturated carbocycles. The molecule has 0 radical (unpaired) electrons. The van der Waals surface area contributed by atoms with Crippen LogP contribution in [-0.2, 0) is 4.79 Å². The summed E-state index contributed by atoms with van der Waals surface area (Å²) >= 11 is 0. The third kappa shape index (κ3) is 4.09. The highest BCUT2D eigenvalue weighted by atomic mass is 16.1. The molecule has 0 aromatic rings. The summed E-state index contributed by atoms with van der Waals surface area (Å²) in [5.74, 6) is 0. The molecule has 0 bridgehead atoms. The summed E-state index contributed by atoms with van der Waals surface area (Å²) in [5, 5.41) is 0. The van der Waals surface area contributed by atoms with Crippen LogP contribution in [0.2, 0.25) is 0 Å². The average Bonchev–Trinajstić information content (AvgIpc) is 1.85. The van der Waals surface area contributed by atoms with Gasteiger partial charge in [-0.2, -0.15) is 4.99 Å². The molecule has 12 heavy (non-hydrogen) atoms. The van der Waals surface area contributed by atoms with E-state index in [9.17, 15) is 4.79 Å². The van der Waals surface area contributed by atoms with Gasteiger partial charge in [-0.15, -0.1) is 6.58 Å². The molecular formula is C10H17NO. The highest BCUT2D eigenvalue weighted by Crippen LogP contribution is 2.30. The first kappa shape index (κ1) is 11.1. The zero-order chi connectivity index (χ0) is 9.83. The van der Waals surface area contributed by atoms with Gasteiger partial charge in [-0.05, 0) is 25.7 Å². The number of allylic oxidation sites excluding steroid dienone is 1. The summed E-state index contributed by atoms with van der Waals surface area (Å²) in [5.41, 5.74) is -0.316. The molecule has 0 aliphatic heterocycles. The average molecular weight is 167 g/mol. The van der Waals surface area contributed by atoms with E-state index in [4.69, 9.17) is 0 Å². The van der Waals surface area contributed by atoms with Gasteiger partial charge in [-0.3, -0.25) is 0 Å². The smallest absolute Gasteiger partial charge is 0.211 e. The summed E-state index contributed by atoms with van der Waals surface area (Å²) in [7, 11) is 0. The van der Waals surface area contributed by atoms with Crippen molar-refractivity contribution < 1.29 is 4.79 Å². The molecule has 0 aliphatic carbocycles. The van der Waals surface area contributed by atoms with Crippen LogP contribution in [0, 0.1) is 5.41 Å². The van der Waals surface area contributed by atoms with Crippen LogP contribution >= 0.6 is 0 Å². The maximum absolute atomic E-state index is 10.1. The fraction of sp³-hybridized carbons (Fsp3) is 0.700. The molecule has 0 amide bonds. The Bertz CT molecular complexity index is 210. The summed E-state index contributed by atoms with van der Waals surface area (Å²) in [4.78, 5) is 13.8. The first-order chi connectivity index (χ1) is 5.33. The van der Waals surface area contributed by atoms with E-state index in [-0.39, 0.29) is 11.0 Å². The Hall–Kier alpha value is -0.880. The normalized spacial score (nSPS) is 12.0. The highest BCUT2D eigenvalue weighted by molar-refractivity contribution is 5.34. The van der Waals surface area contributed by atoms with E-state index in [2.05, 4.69) is 25.4 Å². The van der Waals surface area contributed by atoms with Gasteiger partial charge in [-0.1, -0.05) is 19.9 Å². The van der Waals surface area contributed by atoms with E-state index < -0.39 is 0 Å². The van der Waals surface area contributed by atoms with E-state index in [0.717, 1.165) is 6.42 Å². The number of rotatable bonds is 4. The predicted octanol–water partition coefficient (Wildman–Crippen LogP) is 2.70. The van der Waals surface area contributed by atoms with Gasteiger partial charge in [0.2, 0.25) is 6.08 Å². The van der Waals surface area contributed by atoms with Crippen molar-refractivity contribution >= 4 is 6.08 Å². The Labute approximate surface area is 74.4 Å². The van der Waals surface area contributed by atoms with Crippen molar-refractivity contribution in [3.63, 3.8) is 0 Å². The number of nitrogens with zero attached hydrogens (tertiary/aromatic N) is 1. The molecule has 0 aromatic carbocycles. The van der Waals surface area contributed by atoms with Gasteiger partial charge in [0.15, 0.2) is 0 Å². The van der Waals surface area contributed by atoms with Gasteiger partial charge in [0.25, 0.3) is 0 Å². The van der Waals surface area contributed by atoms with Crippen molar-refractivity contribution in [2.45, 2.75) is 39.7 Å². The number of aliphatic imine (C=N–C) groups is 1. The van der Waals surface area contributed by atoms with E-state index >= 15 is 0 Å². The van der Waals surface area contributed by atoms with Crippen LogP contribution in [0.3, 0.4) is 0 Å². The zero-order valence-electron chi connectivity index (χ0n) is 8.35. The van der Waals surface area contributed by atoms with Gasteiger partial charge >= 0.3 is 0 Å². The van der Waals surface area contributed by atoms with E-state index in [1.807, 2.05) is 19.9 Å². The van der Waals surface area contributed by atoms with Crippen molar-refractivity contribution in [1.82, 2.24) is 0 Å². The van der Waals surface area contributed by atoms with Crippen LogP contribution in [0.1, 0.15) is 34.1 Å². The lowest BCUT2D eigenvalue weighted by molar-refractivity contribution is 0.325. The third-order valence-corrected chi connectivity index (χ3v) is 1.79. The van der Waals surface area contributed by atoms with Crippen molar-refractivity contribution in [1.29, 1.82) is 0 Å². The molecule has 0 spiro atoms. The van der Waals surface area contributed by atoms with Gasteiger partial charge < -0.3 is 0 Å². The first-order valence-electron chi connectivity index (χ1n) is 4.06. The van der Waals surface area contributed by atoms with Crippen LogP contribution in [-0.4, -0.2) is 11.6 Å². The maximum atomic E-state index is 10.1. The lowest BCUT2D eigenvalue weighted by Gasteiger charge is -2.28. The van der Waals surface area contributed by atoms with Gasteiger partial charge in [0, 0.05) is 0 Å². The fourth-order valence-corrected chi connectivity index (χ4v) is 1.35. The molecule has 0 unspecified atom stereocenters. The Morgan fingerprint density at radius 1 is 1.42 bits per heavy atom. The largest absolute Gasteiger partial charge is 0.235 e. The molecule has 68 valence electrons. The molecule has 0 saturated heterocycles. The second-order valence-electron chi connectivity index (χ2n) is 4.39. The molecule has 0 aliphatic rings. The van der Waals surface area contributed by atoms with E-state index in [1.54, 1.807) is 6.08 Å². The molecule has 0 N–H and O–H groups in total. The van der Waals surface area contributed by atoms with Crippen LogP contribution in [0.15, 0.2) is 17.6 Å². The number of hydrogen-bond donors (Lipinski definition) is 0. The lowest BCUT2D eigenvalue weighted by atomic mass is 9.81. The van der Waals surface area contributed by atoms with Crippen LogP contribution < -0.4 is 0 Å². The standard InChI is InChI=1S/C10H17NO/c1-6-9(2,3)7-10(4,5)11-8-12/h6H,1,7H2,2-5H3. The van der Waals surface area contributed by atoms with Crippen molar-refractivity contribution in [3.8, 4) is 0 Å². The zero-order valence-corrected chi connectivity index (χ0v) is 8.35. The Morgan fingerprint density at radius 2 is 1.92 bits per heavy atom. The van der Waals surface area contributed by atoms with Gasteiger partial charge in [-0.25, -0.2) is 4.79 Å². The van der Waals surface area contributed by atoms with Crippen molar-refractivity contribution in [2.24, 2.45) is 10.4 Å². The minimum absolute atomic E-state index is 0.0177. The minimum atomic E-state index is -0.334. The molecule has 0 rings (SSSR count). The fourth-order valence-electron chi connectivity index (χ4n) is 1.35. The molecule has 0 atom stereocenters. The Morgan fingerprint density at radius 3 is 2.25 bits per heavy atom. The number of carbonyl (C=O) groups excluding carboxylic acids is 1. The monoisotopic (exact) mass is 167 g/mol. The molecule has 2 nitrogen and oxygen atoms in total.